The molecule has 0 radical (unpaired) electrons. The zero-order valence-corrected chi connectivity index (χ0v) is 13.6. The Bertz CT molecular complexity index is 673. The highest BCUT2D eigenvalue weighted by atomic mass is 19.1. The molecule has 0 atom stereocenters. The zero-order valence-electron chi connectivity index (χ0n) is 13.6. The summed E-state index contributed by atoms with van der Waals surface area (Å²) in [6, 6.07) is 4.26. The first-order valence-electron chi connectivity index (χ1n) is 7.21. The fourth-order valence-corrected chi connectivity index (χ4v) is 2.33. The molecule has 7 nitrogen and oxygen atoms in total. The van der Waals surface area contributed by atoms with Crippen molar-refractivity contribution >= 4 is 17.6 Å². The van der Waals surface area contributed by atoms with E-state index in [9.17, 15) is 14.0 Å². The van der Waals surface area contributed by atoms with E-state index < -0.39 is 17.8 Å². The molecule has 1 heterocycles. The Labute approximate surface area is 138 Å². The molecule has 24 heavy (non-hydrogen) atoms. The lowest BCUT2D eigenvalue weighted by atomic mass is 10.1. The third-order valence-corrected chi connectivity index (χ3v) is 3.36. The molecule has 0 bridgehead atoms. The van der Waals surface area contributed by atoms with Crippen LogP contribution in [0.1, 0.15) is 6.92 Å². The minimum Gasteiger partial charge on any atom is -0.489 e. The van der Waals surface area contributed by atoms with Crippen LogP contribution in [0, 0.1) is 5.82 Å². The van der Waals surface area contributed by atoms with E-state index in [1.165, 1.54) is 31.3 Å². The molecular formula is C16H18FNO6. The number of methoxy groups -OCH3 is 2. The first kappa shape index (κ1) is 17.7. The molecule has 0 aromatic heterocycles. The largest absolute Gasteiger partial charge is 0.489 e. The van der Waals surface area contributed by atoms with E-state index in [2.05, 4.69) is 4.74 Å². The molecule has 1 aromatic rings. The van der Waals surface area contributed by atoms with Crippen LogP contribution in [0.2, 0.25) is 0 Å². The maximum atomic E-state index is 14.1. The average molecular weight is 339 g/mol. The van der Waals surface area contributed by atoms with Crippen molar-refractivity contribution in [3.63, 3.8) is 0 Å². The molecule has 130 valence electrons. The number of carbonyl (C=O) groups is 2. The zero-order chi connectivity index (χ0) is 17.7. The number of rotatable bonds is 5. The minimum absolute atomic E-state index is 0.0118. The van der Waals surface area contributed by atoms with Gasteiger partial charge in [0.25, 0.3) is 0 Å². The van der Waals surface area contributed by atoms with Gasteiger partial charge in [-0.25, -0.2) is 14.0 Å². The molecule has 8 heteroatoms. The predicted molar refractivity (Wildman–Crippen MR) is 81.9 cm³/mol. The molecule has 0 aliphatic carbocycles. The third kappa shape index (κ3) is 3.33. The van der Waals surface area contributed by atoms with Crippen molar-refractivity contribution in [1.29, 1.82) is 0 Å². The molecule has 0 spiro atoms. The SMILES string of the molecule is CCOc1c(F)cccc1N1COCC(C(=O)OC)=C1C(=O)OC. The third-order valence-electron chi connectivity index (χ3n) is 3.36. The van der Waals surface area contributed by atoms with Crippen molar-refractivity contribution in [1.82, 2.24) is 0 Å². The number of para-hydroxylation sites is 1. The van der Waals surface area contributed by atoms with Gasteiger partial charge >= 0.3 is 11.9 Å². The summed E-state index contributed by atoms with van der Waals surface area (Å²) in [6.07, 6.45) is 0. The van der Waals surface area contributed by atoms with Gasteiger partial charge in [-0.1, -0.05) is 6.07 Å². The Morgan fingerprint density at radius 3 is 2.58 bits per heavy atom. The molecule has 1 aliphatic heterocycles. The molecule has 0 N–H and O–H groups in total. The van der Waals surface area contributed by atoms with Gasteiger partial charge in [-0.2, -0.15) is 0 Å². The number of benzene rings is 1. The highest BCUT2D eigenvalue weighted by molar-refractivity contribution is 6.03. The number of carbonyl (C=O) groups excluding carboxylic acids is 2. The Morgan fingerprint density at radius 1 is 1.25 bits per heavy atom. The molecule has 2 rings (SSSR count). The fourth-order valence-electron chi connectivity index (χ4n) is 2.33. The predicted octanol–water partition coefficient (Wildman–Crippen LogP) is 1.62. The van der Waals surface area contributed by atoms with Gasteiger partial charge in [0.15, 0.2) is 11.6 Å². The van der Waals surface area contributed by atoms with Crippen molar-refractivity contribution in [3.05, 3.63) is 35.3 Å². The Balaban J connectivity index is 2.61. The number of hydrogen-bond donors (Lipinski definition) is 0. The molecule has 0 saturated heterocycles. The number of halogens is 1. The quantitative estimate of drug-likeness (QED) is 0.755. The normalized spacial score (nSPS) is 14.4. The van der Waals surface area contributed by atoms with Crippen LogP contribution in [0.15, 0.2) is 29.5 Å². The van der Waals surface area contributed by atoms with Gasteiger partial charge in [0.2, 0.25) is 0 Å². The van der Waals surface area contributed by atoms with E-state index in [0.29, 0.717) is 0 Å². The summed E-state index contributed by atoms with van der Waals surface area (Å²) in [5, 5.41) is 0. The summed E-state index contributed by atoms with van der Waals surface area (Å²) in [7, 11) is 2.38. The van der Waals surface area contributed by atoms with E-state index in [0.717, 1.165) is 0 Å². The van der Waals surface area contributed by atoms with Gasteiger partial charge in [-0.3, -0.25) is 0 Å². The Kier molecular flexibility index (Phi) is 5.75. The van der Waals surface area contributed by atoms with Crippen LogP contribution in [-0.4, -0.2) is 46.1 Å². The molecule has 0 saturated carbocycles. The topological polar surface area (TPSA) is 74.3 Å². The number of esters is 2. The summed E-state index contributed by atoms with van der Waals surface area (Å²) in [5.41, 5.74) is 0.169. The van der Waals surface area contributed by atoms with Gasteiger partial charge in [-0.15, -0.1) is 0 Å². The van der Waals surface area contributed by atoms with Crippen LogP contribution >= 0.6 is 0 Å². The number of hydrogen-bond acceptors (Lipinski definition) is 7. The van der Waals surface area contributed by atoms with Crippen molar-refractivity contribution in [2.24, 2.45) is 0 Å². The highest BCUT2D eigenvalue weighted by Gasteiger charge is 2.34. The highest BCUT2D eigenvalue weighted by Crippen LogP contribution is 2.36. The van der Waals surface area contributed by atoms with Gasteiger partial charge in [0.05, 0.1) is 38.7 Å². The Morgan fingerprint density at radius 2 is 1.96 bits per heavy atom. The van der Waals surface area contributed by atoms with Crippen molar-refractivity contribution in [2.75, 3.05) is 39.1 Å². The standard InChI is InChI=1S/C16H18FNO6/c1-4-24-14-11(17)6-5-7-12(14)18-9-23-8-10(15(19)21-2)13(18)16(20)22-3/h5-7H,4,8-9H2,1-3H3. The molecular weight excluding hydrogens is 321 g/mol. The van der Waals surface area contributed by atoms with Gasteiger partial charge in [-0.05, 0) is 19.1 Å². The van der Waals surface area contributed by atoms with E-state index in [1.54, 1.807) is 13.0 Å². The van der Waals surface area contributed by atoms with E-state index >= 15 is 0 Å². The van der Waals surface area contributed by atoms with E-state index in [4.69, 9.17) is 14.2 Å². The van der Waals surface area contributed by atoms with Gasteiger partial charge in [0, 0.05) is 0 Å². The first-order chi connectivity index (χ1) is 11.5. The van der Waals surface area contributed by atoms with Crippen LogP contribution in [0.25, 0.3) is 0 Å². The maximum Gasteiger partial charge on any atom is 0.355 e. The van der Waals surface area contributed by atoms with E-state index in [1.807, 2.05) is 0 Å². The monoisotopic (exact) mass is 339 g/mol. The number of ether oxygens (including phenoxy) is 4. The summed E-state index contributed by atoms with van der Waals surface area (Å²) in [5.74, 6) is -2.13. The lowest BCUT2D eigenvalue weighted by molar-refractivity contribution is -0.140. The molecule has 0 amide bonds. The van der Waals surface area contributed by atoms with Crippen LogP contribution in [0.4, 0.5) is 10.1 Å². The molecule has 1 aromatic carbocycles. The van der Waals surface area contributed by atoms with Crippen LogP contribution < -0.4 is 9.64 Å². The van der Waals surface area contributed by atoms with Crippen LogP contribution in [0.3, 0.4) is 0 Å². The lowest BCUT2D eigenvalue weighted by Gasteiger charge is -2.32. The van der Waals surface area contributed by atoms with Crippen molar-refractivity contribution in [2.45, 2.75) is 6.92 Å². The van der Waals surface area contributed by atoms with Gasteiger partial charge in [0.1, 0.15) is 12.4 Å². The second-order valence-electron chi connectivity index (χ2n) is 4.74. The van der Waals surface area contributed by atoms with Crippen molar-refractivity contribution < 1.29 is 32.9 Å². The number of anilines is 1. The second kappa shape index (κ2) is 7.78. The molecule has 0 unspecified atom stereocenters. The smallest absolute Gasteiger partial charge is 0.355 e. The van der Waals surface area contributed by atoms with Gasteiger partial charge < -0.3 is 23.8 Å². The van der Waals surface area contributed by atoms with Crippen LogP contribution in [-0.2, 0) is 23.8 Å². The van der Waals surface area contributed by atoms with E-state index in [-0.39, 0.29) is 42.7 Å². The number of nitrogens with zero attached hydrogens (tertiary/aromatic N) is 1. The lowest BCUT2D eigenvalue weighted by Crippen LogP contribution is -2.39. The van der Waals surface area contributed by atoms with Crippen molar-refractivity contribution in [3.8, 4) is 5.75 Å². The molecule has 0 fully saturated rings. The minimum atomic E-state index is -0.759. The first-order valence-corrected chi connectivity index (χ1v) is 7.21. The fraction of sp³-hybridized carbons (Fsp3) is 0.375. The van der Waals surface area contributed by atoms with Crippen LogP contribution in [0.5, 0.6) is 5.75 Å². The summed E-state index contributed by atoms with van der Waals surface area (Å²) >= 11 is 0. The summed E-state index contributed by atoms with van der Waals surface area (Å²) in [4.78, 5) is 25.5. The average Bonchev–Trinajstić information content (AvgIpc) is 2.61. The maximum absolute atomic E-state index is 14.1. The Hall–Kier alpha value is -2.61. The second-order valence-corrected chi connectivity index (χ2v) is 4.74. The summed E-state index contributed by atoms with van der Waals surface area (Å²) in [6.45, 7) is 1.74. The molecule has 1 aliphatic rings. The summed E-state index contributed by atoms with van der Waals surface area (Å²) < 4.78 is 34.2.